The molecule has 0 saturated carbocycles. The van der Waals surface area contributed by atoms with Gasteiger partial charge in [-0.3, -0.25) is 0 Å². The van der Waals surface area contributed by atoms with E-state index >= 15 is 0 Å². The quantitative estimate of drug-likeness (QED) is 0.636. The van der Waals surface area contributed by atoms with Gasteiger partial charge in [0.1, 0.15) is 4.90 Å². The van der Waals surface area contributed by atoms with Crippen LogP contribution in [0.2, 0.25) is 0 Å². The molecule has 0 radical (unpaired) electrons. The van der Waals surface area contributed by atoms with Crippen molar-refractivity contribution in [2.75, 3.05) is 18.9 Å². The van der Waals surface area contributed by atoms with Crippen LogP contribution < -0.4 is 5.73 Å². The fourth-order valence-corrected chi connectivity index (χ4v) is 4.40. The summed E-state index contributed by atoms with van der Waals surface area (Å²) in [6.07, 6.45) is 1.21. The van der Waals surface area contributed by atoms with E-state index in [1.165, 1.54) is 6.07 Å². The standard InChI is InChI=1S/C13H19NO4S/c1-9-4-5-10(14)11(15)12(9)19(16,17)13(2)6-3-7-18-8-13/h4-5,15H,3,6-8,14H2,1-2H3. The molecule has 1 aliphatic heterocycles. The van der Waals surface area contributed by atoms with Crippen molar-refractivity contribution in [3.05, 3.63) is 17.7 Å². The van der Waals surface area contributed by atoms with Gasteiger partial charge in [0, 0.05) is 6.61 Å². The lowest BCUT2D eigenvalue weighted by Gasteiger charge is -2.33. The van der Waals surface area contributed by atoms with Crippen LogP contribution in [0.3, 0.4) is 0 Å². The Hall–Kier alpha value is -1.27. The van der Waals surface area contributed by atoms with E-state index in [0.29, 0.717) is 25.0 Å². The summed E-state index contributed by atoms with van der Waals surface area (Å²) in [6.45, 7) is 4.03. The Morgan fingerprint density at radius 1 is 1.42 bits per heavy atom. The lowest BCUT2D eigenvalue weighted by atomic mass is 10.0. The molecular weight excluding hydrogens is 266 g/mol. The molecule has 1 aliphatic rings. The number of ether oxygens (including phenoxy) is 1. The van der Waals surface area contributed by atoms with Crippen LogP contribution >= 0.6 is 0 Å². The summed E-state index contributed by atoms with van der Waals surface area (Å²) in [6, 6.07) is 3.11. The normalized spacial score (nSPS) is 24.3. The summed E-state index contributed by atoms with van der Waals surface area (Å²) in [4.78, 5) is -0.0690. The lowest BCUT2D eigenvalue weighted by Crippen LogP contribution is -2.43. The van der Waals surface area contributed by atoms with Crippen LogP contribution in [-0.4, -0.2) is 31.5 Å². The number of hydrogen-bond donors (Lipinski definition) is 2. The third kappa shape index (κ3) is 2.19. The number of aryl methyl sites for hydroxylation is 1. The molecule has 106 valence electrons. The van der Waals surface area contributed by atoms with Crippen molar-refractivity contribution < 1.29 is 18.3 Å². The van der Waals surface area contributed by atoms with E-state index in [9.17, 15) is 13.5 Å². The smallest absolute Gasteiger partial charge is 0.190 e. The molecule has 1 atom stereocenters. The van der Waals surface area contributed by atoms with Gasteiger partial charge in [0.15, 0.2) is 15.6 Å². The van der Waals surface area contributed by atoms with E-state index in [4.69, 9.17) is 10.5 Å². The number of benzene rings is 1. The van der Waals surface area contributed by atoms with Crippen molar-refractivity contribution in [1.82, 2.24) is 0 Å². The Morgan fingerprint density at radius 3 is 2.68 bits per heavy atom. The van der Waals surface area contributed by atoms with Crippen LogP contribution in [0.5, 0.6) is 5.75 Å². The summed E-state index contributed by atoms with van der Waals surface area (Å²) in [7, 11) is -3.70. The number of hydrogen-bond acceptors (Lipinski definition) is 5. The number of nitrogen functional groups attached to an aromatic ring is 1. The Morgan fingerprint density at radius 2 is 2.11 bits per heavy atom. The zero-order valence-corrected chi connectivity index (χ0v) is 12.0. The predicted molar refractivity (Wildman–Crippen MR) is 72.9 cm³/mol. The number of rotatable bonds is 2. The first-order chi connectivity index (χ1) is 8.79. The molecule has 0 aromatic heterocycles. The monoisotopic (exact) mass is 285 g/mol. The number of phenols is 1. The Labute approximate surface area is 113 Å². The predicted octanol–water partition coefficient (Wildman–Crippen LogP) is 1.63. The molecule has 1 saturated heterocycles. The fourth-order valence-electron chi connectivity index (χ4n) is 2.39. The molecule has 5 nitrogen and oxygen atoms in total. The Bertz CT molecular complexity index is 589. The summed E-state index contributed by atoms with van der Waals surface area (Å²) in [5.41, 5.74) is 6.19. The van der Waals surface area contributed by atoms with Gasteiger partial charge in [-0.25, -0.2) is 8.42 Å². The minimum atomic E-state index is -3.70. The number of phenolic OH excluding ortho intramolecular Hbond substituents is 1. The van der Waals surface area contributed by atoms with Gasteiger partial charge < -0.3 is 15.6 Å². The van der Waals surface area contributed by atoms with E-state index in [2.05, 4.69) is 0 Å². The SMILES string of the molecule is Cc1ccc(N)c(O)c1S(=O)(=O)C1(C)CCCOC1. The number of nitrogens with two attached hydrogens (primary N) is 1. The van der Waals surface area contributed by atoms with Crippen molar-refractivity contribution in [3.63, 3.8) is 0 Å². The maximum atomic E-state index is 12.8. The highest BCUT2D eigenvalue weighted by Gasteiger charge is 2.44. The second-order valence-electron chi connectivity index (χ2n) is 5.26. The molecule has 2 rings (SSSR count). The summed E-state index contributed by atoms with van der Waals surface area (Å²) < 4.78 is 29.9. The summed E-state index contributed by atoms with van der Waals surface area (Å²) in [5, 5.41) is 10.0. The van der Waals surface area contributed by atoms with Gasteiger partial charge in [-0.1, -0.05) is 6.07 Å². The first kappa shape index (κ1) is 14.1. The van der Waals surface area contributed by atoms with Gasteiger partial charge in [-0.2, -0.15) is 0 Å². The molecular formula is C13H19NO4S. The molecule has 1 aromatic rings. The van der Waals surface area contributed by atoms with Gasteiger partial charge in [0.25, 0.3) is 0 Å². The number of sulfone groups is 1. The zero-order valence-electron chi connectivity index (χ0n) is 11.1. The first-order valence-electron chi connectivity index (χ1n) is 6.20. The molecule has 1 heterocycles. The maximum absolute atomic E-state index is 12.8. The Kier molecular flexibility index (Phi) is 3.49. The average molecular weight is 285 g/mol. The van der Waals surface area contributed by atoms with Gasteiger partial charge in [-0.15, -0.1) is 0 Å². The minimum Gasteiger partial charge on any atom is -0.504 e. The van der Waals surface area contributed by atoms with Crippen molar-refractivity contribution in [3.8, 4) is 5.75 Å². The van der Waals surface area contributed by atoms with Crippen LogP contribution in [0.4, 0.5) is 5.69 Å². The van der Waals surface area contributed by atoms with Crippen LogP contribution in [-0.2, 0) is 14.6 Å². The van der Waals surface area contributed by atoms with Crippen LogP contribution in [0.1, 0.15) is 25.3 Å². The van der Waals surface area contributed by atoms with Crippen LogP contribution in [0, 0.1) is 6.92 Å². The zero-order chi connectivity index (χ0) is 14.3. The third-order valence-electron chi connectivity index (χ3n) is 3.68. The number of anilines is 1. The van der Waals surface area contributed by atoms with Crippen molar-refractivity contribution in [2.24, 2.45) is 0 Å². The third-order valence-corrected chi connectivity index (χ3v) is 6.35. The second kappa shape index (κ2) is 4.68. The van der Waals surface area contributed by atoms with Crippen molar-refractivity contribution in [2.45, 2.75) is 36.3 Å². The van der Waals surface area contributed by atoms with Gasteiger partial charge in [0.05, 0.1) is 17.0 Å². The van der Waals surface area contributed by atoms with Crippen LogP contribution in [0.15, 0.2) is 17.0 Å². The van der Waals surface area contributed by atoms with Crippen LogP contribution in [0.25, 0.3) is 0 Å². The molecule has 6 heteroatoms. The van der Waals surface area contributed by atoms with E-state index in [-0.39, 0.29) is 22.9 Å². The maximum Gasteiger partial charge on any atom is 0.190 e. The molecule has 0 amide bonds. The van der Waals surface area contributed by atoms with Crippen molar-refractivity contribution >= 4 is 15.5 Å². The van der Waals surface area contributed by atoms with Gasteiger partial charge in [-0.05, 0) is 38.3 Å². The molecule has 0 aliphatic carbocycles. The minimum absolute atomic E-state index is 0.0690. The molecule has 0 bridgehead atoms. The highest BCUT2D eigenvalue weighted by atomic mass is 32.2. The second-order valence-corrected chi connectivity index (χ2v) is 7.66. The fraction of sp³-hybridized carbons (Fsp3) is 0.538. The highest BCUT2D eigenvalue weighted by molar-refractivity contribution is 7.93. The highest BCUT2D eigenvalue weighted by Crippen LogP contribution is 2.40. The molecule has 1 aromatic carbocycles. The van der Waals surface area contributed by atoms with Gasteiger partial charge in [0.2, 0.25) is 0 Å². The average Bonchev–Trinajstić information content (AvgIpc) is 2.35. The lowest BCUT2D eigenvalue weighted by molar-refractivity contribution is 0.0716. The first-order valence-corrected chi connectivity index (χ1v) is 7.68. The Balaban J connectivity index is 2.60. The molecule has 3 N–H and O–H groups in total. The van der Waals surface area contributed by atoms with Gasteiger partial charge >= 0.3 is 0 Å². The van der Waals surface area contributed by atoms with E-state index in [0.717, 1.165) is 0 Å². The van der Waals surface area contributed by atoms with E-state index in [1.54, 1.807) is 19.9 Å². The molecule has 0 spiro atoms. The molecule has 1 unspecified atom stereocenters. The topological polar surface area (TPSA) is 89.6 Å². The summed E-state index contributed by atoms with van der Waals surface area (Å²) >= 11 is 0. The molecule has 1 fully saturated rings. The largest absolute Gasteiger partial charge is 0.504 e. The molecule has 19 heavy (non-hydrogen) atoms. The van der Waals surface area contributed by atoms with E-state index in [1.807, 2.05) is 0 Å². The summed E-state index contributed by atoms with van der Waals surface area (Å²) in [5.74, 6) is -0.355. The van der Waals surface area contributed by atoms with E-state index < -0.39 is 14.6 Å². The van der Waals surface area contributed by atoms with Crippen molar-refractivity contribution in [1.29, 1.82) is 0 Å². The number of aromatic hydroxyl groups is 1.